The summed E-state index contributed by atoms with van der Waals surface area (Å²) >= 11 is 7.20. The van der Waals surface area contributed by atoms with E-state index in [1.165, 1.54) is 35.6 Å². The number of aromatic nitrogens is 1. The zero-order valence-electron chi connectivity index (χ0n) is 12.2. The van der Waals surface area contributed by atoms with E-state index in [9.17, 15) is 9.65 Å². The average Bonchev–Trinajstić information content (AvgIpc) is 3.08. The zero-order valence-corrected chi connectivity index (χ0v) is 13.8. The van der Waals surface area contributed by atoms with Gasteiger partial charge in [0.25, 0.3) is 0 Å². The van der Waals surface area contributed by atoms with E-state index in [1.807, 2.05) is 23.6 Å². The monoisotopic (exact) mass is 356 g/mol. The molecule has 0 amide bonds. The number of hydrogen-bond donors (Lipinski definition) is 1. The Morgan fingerprint density at radius 1 is 1.17 bits per heavy atom. The van der Waals surface area contributed by atoms with Crippen LogP contribution in [0.3, 0.4) is 0 Å². The average molecular weight is 357 g/mol. The van der Waals surface area contributed by atoms with Crippen LogP contribution in [-0.4, -0.2) is 10.7 Å². The first-order valence-electron chi connectivity index (χ1n) is 6.87. The van der Waals surface area contributed by atoms with Crippen molar-refractivity contribution < 1.29 is 4.39 Å². The Morgan fingerprint density at radius 3 is 2.54 bits per heavy atom. The van der Waals surface area contributed by atoms with Crippen molar-refractivity contribution in [1.82, 2.24) is 4.98 Å². The lowest BCUT2D eigenvalue weighted by Crippen LogP contribution is -2.01. The summed E-state index contributed by atoms with van der Waals surface area (Å²) in [5, 5.41) is 16.3. The van der Waals surface area contributed by atoms with E-state index in [0.717, 1.165) is 11.3 Å². The standard InChI is InChI=1S/C17H10ClFN4S/c18-12-3-1-11(2-4-12)16-10-24-17(21-16)15(9-20)23-22-14-7-5-13(19)6-8-14/h1-8,10,22H. The van der Waals surface area contributed by atoms with Crippen LogP contribution in [0.25, 0.3) is 11.3 Å². The number of halogens is 2. The largest absolute Gasteiger partial charge is 0.277 e. The Balaban J connectivity index is 1.81. The smallest absolute Gasteiger partial charge is 0.196 e. The molecule has 0 radical (unpaired) electrons. The molecule has 118 valence electrons. The van der Waals surface area contributed by atoms with Gasteiger partial charge < -0.3 is 0 Å². The SMILES string of the molecule is N#CC(=NNc1ccc(F)cc1)c1nc(-c2ccc(Cl)cc2)cs1. The summed E-state index contributed by atoms with van der Waals surface area (Å²) in [7, 11) is 0. The lowest BCUT2D eigenvalue weighted by molar-refractivity contribution is 0.628. The van der Waals surface area contributed by atoms with Crippen molar-refractivity contribution >= 4 is 34.3 Å². The third kappa shape index (κ3) is 3.77. The van der Waals surface area contributed by atoms with Gasteiger partial charge in [-0.25, -0.2) is 9.37 Å². The van der Waals surface area contributed by atoms with Crippen LogP contribution in [-0.2, 0) is 0 Å². The number of nitriles is 1. The first-order chi connectivity index (χ1) is 11.7. The van der Waals surface area contributed by atoms with Crippen LogP contribution in [0.15, 0.2) is 59.0 Å². The molecule has 24 heavy (non-hydrogen) atoms. The second-order valence-corrected chi connectivity index (χ2v) is 6.03. The van der Waals surface area contributed by atoms with Crippen LogP contribution < -0.4 is 5.43 Å². The molecule has 1 N–H and O–H groups in total. The molecule has 1 heterocycles. The Morgan fingerprint density at radius 2 is 1.88 bits per heavy atom. The number of rotatable bonds is 4. The van der Waals surface area contributed by atoms with Crippen LogP contribution in [0.4, 0.5) is 10.1 Å². The lowest BCUT2D eigenvalue weighted by atomic mass is 10.2. The van der Waals surface area contributed by atoms with Gasteiger partial charge in [-0.05, 0) is 36.4 Å². The van der Waals surface area contributed by atoms with Crippen molar-refractivity contribution in [3.05, 3.63) is 69.8 Å². The molecule has 1 aromatic heterocycles. The highest BCUT2D eigenvalue weighted by Crippen LogP contribution is 2.24. The molecule has 0 saturated carbocycles. The number of nitrogens with zero attached hydrogens (tertiary/aromatic N) is 3. The van der Waals surface area contributed by atoms with Crippen LogP contribution in [0.2, 0.25) is 5.02 Å². The second-order valence-electron chi connectivity index (χ2n) is 4.74. The molecule has 7 heteroatoms. The highest BCUT2D eigenvalue weighted by atomic mass is 35.5. The molecule has 0 spiro atoms. The van der Waals surface area contributed by atoms with Gasteiger partial charge in [0.1, 0.15) is 11.9 Å². The van der Waals surface area contributed by atoms with Crippen LogP contribution in [0, 0.1) is 17.1 Å². The fraction of sp³-hybridized carbons (Fsp3) is 0. The summed E-state index contributed by atoms with van der Waals surface area (Å²) in [4.78, 5) is 4.43. The third-order valence-corrected chi connectivity index (χ3v) is 4.19. The summed E-state index contributed by atoms with van der Waals surface area (Å²) in [6.45, 7) is 0. The predicted octanol–water partition coefficient (Wildman–Crippen LogP) is 4.94. The topological polar surface area (TPSA) is 61.1 Å². The van der Waals surface area contributed by atoms with Crippen molar-refractivity contribution in [3.63, 3.8) is 0 Å². The predicted molar refractivity (Wildman–Crippen MR) is 94.7 cm³/mol. The minimum atomic E-state index is -0.336. The van der Waals surface area contributed by atoms with E-state index in [1.54, 1.807) is 12.1 Å². The van der Waals surface area contributed by atoms with Crippen LogP contribution >= 0.6 is 22.9 Å². The first kappa shape index (κ1) is 16.1. The van der Waals surface area contributed by atoms with E-state index in [2.05, 4.69) is 15.5 Å². The van der Waals surface area contributed by atoms with Crippen LogP contribution in [0.1, 0.15) is 5.01 Å². The van der Waals surface area contributed by atoms with Crippen molar-refractivity contribution in [1.29, 1.82) is 5.26 Å². The maximum absolute atomic E-state index is 12.9. The normalized spacial score (nSPS) is 11.1. The zero-order chi connectivity index (χ0) is 16.9. The summed E-state index contributed by atoms with van der Waals surface area (Å²) < 4.78 is 12.9. The van der Waals surface area contributed by atoms with E-state index >= 15 is 0 Å². The van der Waals surface area contributed by atoms with E-state index in [0.29, 0.717) is 15.7 Å². The number of benzene rings is 2. The summed E-state index contributed by atoms with van der Waals surface area (Å²) in [5.41, 5.74) is 5.12. The first-order valence-corrected chi connectivity index (χ1v) is 8.12. The Bertz CT molecular complexity index is 911. The van der Waals surface area contributed by atoms with Gasteiger partial charge in [-0.3, -0.25) is 5.43 Å². The van der Waals surface area contributed by atoms with Crippen molar-refractivity contribution in [2.75, 3.05) is 5.43 Å². The maximum Gasteiger partial charge on any atom is 0.196 e. The molecule has 4 nitrogen and oxygen atoms in total. The molecule has 0 aliphatic rings. The van der Waals surface area contributed by atoms with Crippen molar-refractivity contribution in [2.45, 2.75) is 0 Å². The molecule has 2 aromatic carbocycles. The number of hydrogen-bond acceptors (Lipinski definition) is 5. The van der Waals surface area contributed by atoms with Gasteiger partial charge in [0.2, 0.25) is 0 Å². The summed E-state index contributed by atoms with van der Waals surface area (Å²) in [6.07, 6.45) is 0. The fourth-order valence-electron chi connectivity index (χ4n) is 1.90. The highest BCUT2D eigenvalue weighted by Gasteiger charge is 2.10. The number of anilines is 1. The molecule has 3 rings (SSSR count). The van der Waals surface area contributed by atoms with Gasteiger partial charge in [-0.1, -0.05) is 23.7 Å². The van der Waals surface area contributed by atoms with Crippen molar-refractivity contribution in [2.24, 2.45) is 5.10 Å². The molecule has 0 bridgehead atoms. The Labute approximate surface area is 146 Å². The van der Waals surface area contributed by atoms with Gasteiger partial charge in [0, 0.05) is 16.0 Å². The molecular formula is C17H10ClFN4S. The van der Waals surface area contributed by atoms with Gasteiger partial charge in [-0.15, -0.1) is 11.3 Å². The quantitative estimate of drug-likeness (QED) is 0.532. The molecular weight excluding hydrogens is 347 g/mol. The van der Waals surface area contributed by atoms with Crippen LogP contribution in [0.5, 0.6) is 0 Å². The maximum atomic E-state index is 12.9. The number of hydrazone groups is 1. The summed E-state index contributed by atoms with van der Waals surface area (Å²) in [6, 6.07) is 15.0. The van der Waals surface area contributed by atoms with Gasteiger partial charge in [0.15, 0.2) is 10.7 Å². The Kier molecular flexibility index (Phi) is 4.85. The summed E-state index contributed by atoms with van der Waals surface area (Å²) in [5.74, 6) is -0.336. The fourth-order valence-corrected chi connectivity index (χ4v) is 2.79. The van der Waals surface area contributed by atoms with E-state index < -0.39 is 0 Å². The molecule has 3 aromatic rings. The molecule has 0 fully saturated rings. The van der Waals surface area contributed by atoms with Gasteiger partial charge in [0.05, 0.1) is 11.4 Å². The number of nitrogens with one attached hydrogen (secondary N) is 1. The molecule has 0 atom stereocenters. The molecule has 0 unspecified atom stereocenters. The molecule has 0 aliphatic heterocycles. The number of thiazole rings is 1. The lowest BCUT2D eigenvalue weighted by Gasteiger charge is -2.00. The van der Waals surface area contributed by atoms with Gasteiger partial charge in [-0.2, -0.15) is 10.4 Å². The second kappa shape index (κ2) is 7.21. The van der Waals surface area contributed by atoms with E-state index in [-0.39, 0.29) is 11.5 Å². The third-order valence-electron chi connectivity index (χ3n) is 3.09. The minimum Gasteiger partial charge on any atom is -0.277 e. The minimum absolute atomic E-state index is 0.157. The van der Waals surface area contributed by atoms with Crippen molar-refractivity contribution in [3.8, 4) is 17.3 Å². The van der Waals surface area contributed by atoms with Gasteiger partial charge >= 0.3 is 0 Å². The Hall–Kier alpha value is -2.75. The molecule has 0 saturated heterocycles. The van der Waals surface area contributed by atoms with E-state index in [4.69, 9.17) is 11.6 Å². The highest BCUT2D eigenvalue weighted by molar-refractivity contribution is 7.12. The molecule has 0 aliphatic carbocycles.